The van der Waals surface area contributed by atoms with Crippen LogP contribution in [0.4, 0.5) is 5.00 Å². The summed E-state index contributed by atoms with van der Waals surface area (Å²) in [6.45, 7) is 7.40. The van der Waals surface area contributed by atoms with Gasteiger partial charge in [0.05, 0.1) is 17.8 Å². The molecule has 2 amide bonds. The van der Waals surface area contributed by atoms with E-state index in [0.717, 1.165) is 24.8 Å². The molecular formula is C23H28N2O3S. The van der Waals surface area contributed by atoms with Crippen LogP contribution in [0, 0.1) is 5.92 Å². The summed E-state index contributed by atoms with van der Waals surface area (Å²) in [4.78, 5) is 29.5. The Balaban J connectivity index is 1.68. The number of benzene rings is 1. The number of ether oxygens (including phenoxy) is 1. The van der Waals surface area contributed by atoms with Crippen molar-refractivity contribution in [1.82, 2.24) is 4.90 Å². The van der Waals surface area contributed by atoms with E-state index in [1.165, 1.54) is 4.88 Å². The molecule has 1 N–H and O–H groups in total. The van der Waals surface area contributed by atoms with E-state index in [1.54, 1.807) is 23.5 Å². The van der Waals surface area contributed by atoms with Crippen LogP contribution < -0.4 is 5.32 Å². The molecule has 6 heteroatoms. The first-order valence-corrected chi connectivity index (χ1v) is 11.2. The Morgan fingerprint density at radius 1 is 1.10 bits per heavy atom. The molecule has 1 saturated heterocycles. The molecule has 1 aliphatic heterocycles. The molecule has 0 bridgehead atoms. The zero-order valence-corrected chi connectivity index (χ0v) is 18.1. The van der Waals surface area contributed by atoms with Crippen molar-refractivity contribution >= 4 is 28.2 Å². The van der Waals surface area contributed by atoms with Gasteiger partial charge in [0.1, 0.15) is 5.00 Å². The Morgan fingerprint density at radius 3 is 2.48 bits per heavy atom. The van der Waals surface area contributed by atoms with Crippen LogP contribution in [-0.4, -0.2) is 42.0 Å². The minimum Gasteiger partial charge on any atom is -0.372 e. The lowest BCUT2D eigenvalue weighted by molar-refractivity contribution is -0.0586. The van der Waals surface area contributed by atoms with Gasteiger partial charge in [-0.15, -0.1) is 11.3 Å². The van der Waals surface area contributed by atoms with E-state index in [-0.39, 0.29) is 24.0 Å². The Kier molecular flexibility index (Phi) is 5.74. The van der Waals surface area contributed by atoms with E-state index in [1.807, 2.05) is 36.9 Å². The predicted octanol–water partition coefficient (Wildman–Crippen LogP) is 4.37. The molecule has 0 radical (unpaired) electrons. The van der Waals surface area contributed by atoms with Crippen molar-refractivity contribution in [3.63, 3.8) is 0 Å². The van der Waals surface area contributed by atoms with E-state index in [0.29, 0.717) is 35.1 Å². The number of anilines is 1. The molecular weight excluding hydrogens is 384 g/mol. The first-order chi connectivity index (χ1) is 13.9. The maximum Gasteiger partial charge on any atom is 0.257 e. The zero-order valence-electron chi connectivity index (χ0n) is 17.2. The maximum absolute atomic E-state index is 13.6. The molecule has 2 aliphatic rings. The number of carbonyl (C=O) groups excluding carboxylic acids is 2. The van der Waals surface area contributed by atoms with E-state index in [9.17, 15) is 9.59 Å². The average Bonchev–Trinajstić information content (AvgIpc) is 3.04. The van der Waals surface area contributed by atoms with Crippen LogP contribution >= 0.6 is 11.3 Å². The smallest absolute Gasteiger partial charge is 0.257 e. The van der Waals surface area contributed by atoms with E-state index >= 15 is 0 Å². The van der Waals surface area contributed by atoms with Gasteiger partial charge < -0.3 is 15.0 Å². The van der Waals surface area contributed by atoms with Crippen molar-refractivity contribution in [2.24, 2.45) is 5.92 Å². The van der Waals surface area contributed by atoms with Crippen molar-refractivity contribution in [1.29, 1.82) is 0 Å². The van der Waals surface area contributed by atoms with Gasteiger partial charge in [0.15, 0.2) is 0 Å². The topological polar surface area (TPSA) is 58.6 Å². The zero-order chi connectivity index (χ0) is 20.5. The molecule has 1 aromatic heterocycles. The van der Waals surface area contributed by atoms with Gasteiger partial charge in [0, 0.05) is 23.5 Å². The fourth-order valence-electron chi connectivity index (χ4n) is 4.33. The van der Waals surface area contributed by atoms with Crippen molar-refractivity contribution in [3.8, 4) is 0 Å². The number of fused-ring (bicyclic) bond motifs is 1. The molecule has 2 aromatic rings. The number of nitrogens with zero attached hydrogens (tertiary/aromatic N) is 1. The maximum atomic E-state index is 13.6. The van der Waals surface area contributed by atoms with Gasteiger partial charge in [-0.1, -0.05) is 25.1 Å². The number of amides is 2. The van der Waals surface area contributed by atoms with Gasteiger partial charge in [0.2, 0.25) is 0 Å². The highest BCUT2D eigenvalue weighted by atomic mass is 32.1. The van der Waals surface area contributed by atoms with E-state index < -0.39 is 0 Å². The predicted molar refractivity (Wildman–Crippen MR) is 116 cm³/mol. The SMILES string of the molecule is C[C@@H]1CCc2c(sc(NC(=O)c3ccccc3)c2C(=O)N2C[C@@H](C)O[C@H](C)C2)C1. The minimum atomic E-state index is -0.171. The fourth-order valence-corrected chi connectivity index (χ4v) is 5.73. The van der Waals surface area contributed by atoms with Gasteiger partial charge in [-0.05, 0) is 56.7 Å². The first kappa shape index (κ1) is 20.1. The number of morpholine rings is 1. The van der Waals surface area contributed by atoms with Gasteiger partial charge in [-0.3, -0.25) is 9.59 Å². The van der Waals surface area contributed by atoms with Crippen molar-refractivity contribution in [2.75, 3.05) is 18.4 Å². The van der Waals surface area contributed by atoms with E-state index in [4.69, 9.17) is 4.74 Å². The Bertz CT molecular complexity index is 898. The summed E-state index contributed by atoms with van der Waals surface area (Å²) >= 11 is 1.57. The third-order valence-electron chi connectivity index (χ3n) is 5.70. The Hall–Kier alpha value is -2.18. The van der Waals surface area contributed by atoms with Crippen molar-refractivity contribution in [2.45, 2.75) is 52.2 Å². The summed E-state index contributed by atoms with van der Waals surface area (Å²) in [6.07, 6.45) is 2.97. The van der Waals surface area contributed by atoms with E-state index in [2.05, 4.69) is 12.2 Å². The third-order valence-corrected chi connectivity index (χ3v) is 6.87. The monoisotopic (exact) mass is 412 g/mol. The second kappa shape index (κ2) is 8.28. The number of hydrogen-bond donors (Lipinski definition) is 1. The molecule has 0 unspecified atom stereocenters. The van der Waals surface area contributed by atoms with Gasteiger partial charge in [-0.25, -0.2) is 0 Å². The largest absolute Gasteiger partial charge is 0.372 e. The lowest BCUT2D eigenvalue weighted by atomic mass is 9.88. The van der Waals surface area contributed by atoms with Crippen LogP contribution in [0.2, 0.25) is 0 Å². The molecule has 1 aliphatic carbocycles. The number of nitrogens with one attached hydrogen (secondary N) is 1. The summed E-state index contributed by atoms with van der Waals surface area (Å²) in [5.41, 5.74) is 2.43. The third kappa shape index (κ3) is 4.23. The van der Waals surface area contributed by atoms with Gasteiger partial charge >= 0.3 is 0 Å². The van der Waals surface area contributed by atoms with Crippen LogP contribution in [-0.2, 0) is 17.6 Å². The molecule has 4 rings (SSSR count). The summed E-state index contributed by atoms with van der Waals surface area (Å²) < 4.78 is 5.80. The number of carbonyl (C=O) groups is 2. The lowest BCUT2D eigenvalue weighted by Gasteiger charge is -2.35. The minimum absolute atomic E-state index is 0.0135. The fraction of sp³-hybridized carbons (Fsp3) is 0.478. The van der Waals surface area contributed by atoms with Crippen LogP contribution in [0.15, 0.2) is 30.3 Å². The molecule has 1 fully saturated rings. The molecule has 0 spiro atoms. The van der Waals surface area contributed by atoms with Crippen LogP contribution in [0.1, 0.15) is 58.3 Å². The Morgan fingerprint density at radius 2 is 1.79 bits per heavy atom. The average molecular weight is 413 g/mol. The lowest BCUT2D eigenvalue weighted by Crippen LogP contribution is -2.48. The van der Waals surface area contributed by atoms with Crippen molar-refractivity contribution < 1.29 is 14.3 Å². The highest BCUT2D eigenvalue weighted by Crippen LogP contribution is 2.40. The molecule has 2 heterocycles. The standard InChI is InChI=1S/C23H28N2O3S/c1-14-9-10-18-19(11-14)29-22(24-21(26)17-7-5-4-6-8-17)20(18)23(27)25-12-15(2)28-16(3)13-25/h4-8,14-16H,9-13H2,1-3H3,(H,24,26)/t14-,15-,16-/m1/s1. The summed E-state index contributed by atoms with van der Waals surface area (Å²) in [5.74, 6) is 0.447. The summed E-state index contributed by atoms with van der Waals surface area (Å²) in [7, 11) is 0. The molecule has 3 atom stereocenters. The Labute approximate surface area is 176 Å². The van der Waals surface area contributed by atoms with Crippen molar-refractivity contribution in [3.05, 3.63) is 51.9 Å². The molecule has 29 heavy (non-hydrogen) atoms. The van der Waals surface area contributed by atoms with Gasteiger partial charge in [0.25, 0.3) is 11.8 Å². The highest BCUT2D eigenvalue weighted by molar-refractivity contribution is 7.17. The molecule has 154 valence electrons. The second-order valence-electron chi connectivity index (χ2n) is 8.34. The van der Waals surface area contributed by atoms with Crippen LogP contribution in [0.3, 0.4) is 0 Å². The highest BCUT2D eigenvalue weighted by Gasteiger charge is 2.33. The first-order valence-electron chi connectivity index (χ1n) is 10.4. The summed E-state index contributed by atoms with van der Waals surface area (Å²) in [5, 5.41) is 3.73. The van der Waals surface area contributed by atoms with Gasteiger partial charge in [-0.2, -0.15) is 0 Å². The number of thiophene rings is 1. The van der Waals surface area contributed by atoms with Crippen LogP contribution in [0.5, 0.6) is 0 Å². The number of hydrogen-bond acceptors (Lipinski definition) is 4. The number of rotatable bonds is 3. The summed E-state index contributed by atoms with van der Waals surface area (Å²) in [6, 6.07) is 9.16. The normalized spacial score (nSPS) is 24.1. The quantitative estimate of drug-likeness (QED) is 0.814. The second-order valence-corrected chi connectivity index (χ2v) is 9.45. The molecule has 0 saturated carbocycles. The molecule has 1 aromatic carbocycles. The van der Waals surface area contributed by atoms with Crippen LogP contribution in [0.25, 0.3) is 0 Å². The molecule has 5 nitrogen and oxygen atoms in total.